The van der Waals surface area contributed by atoms with E-state index in [1.807, 2.05) is 31.7 Å². The second kappa shape index (κ2) is 6.24. The topological polar surface area (TPSA) is 46.3 Å². The van der Waals surface area contributed by atoms with Gasteiger partial charge in [0.25, 0.3) is 5.91 Å². The summed E-state index contributed by atoms with van der Waals surface area (Å²) in [6.07, 6.45) is 1.08. The molecule has 0 fully saturated rings. The van der Waals surface area contributed by atoms with Crippen molar-refractivity contribution < 1.29 is 4.79 Å². The van der Waals surface area contributed by atoms with Crippen molar-refractivity contribution in [2.24, 2.45) is 5.73 Å². The van der Waals surface area contributed by atoms with E-state index < -0.39 is 0 Å². The standard InChI is InChI=1S/C13H18N2OS3/c1-8(2)15(6-12(14)17)13(16)11-5-9-7-18-4-3-10(9)19-11/h5,8H,3-4,6-7H2,1-2H3,(H2,14,17). The van der Waals surface area contributed by atoms with Gasteiger partial charge < -0.3 is 10.6 Å². The molecule has 3 nitrogen and oxygen atoms in total. The molecule has 0 radical (unpaired) electrons. The number of rotatable bonds is 4. The van der Waals surface area contributed by atoms with Crippen molar-refractivity contribution in [1.82, 2.24) is 4.90 Å². The lowest BCUT2D eigenvalue weighted by atomic mass is 10.2. The van der Waals surface area contributed by atoms with E-state index in [0.29, 0.717) is 11.5 Å². The average Bonchev–Trinajstić information content (AvgIpc) is 2.78. The first-order valence-corrected chi connectivity index (χ1v) is 8.65. The van der Waals surface area contributed by atoms with Crippen molar-refractivity contribution >= 4 is 46.2 Å². The molecule has 0 unspecified atom stereocenters. The molecule has 1 aliphatic rings. The van der Waals surface area contributed by atoms with E-state index in [0.717, 1.165) is 22.8 Å². The lowest BCUT2D eigenvalue weighted by molar-refractivity contribution is 0.0741. The minimum absolute atomic E-state index is 0.0483. The highest BCUT2D eigenvalue weighted by atomic mass is 32.2. The van der Waals surface area contributed by atoms with E-state index in [2.05, 4.69) is 0 Å². The number of fused-ring (bicyclic) bond motifs is 1. The van der Waals surface area contributed by atoms with Crippen LogP contribution in [0.1, 0.15) is 34.0 Å². The van der Waals surface area contributed by atoms with Crippen LogP contribution in [-0.2, 0) is 12.2 Å². The zero-order valence-electron chi connectivity index (χ0n) is 11.1. The molecule has 0 bridgehead atoms. The Hall–Kier alpha value is -0.590. The maximum absolute atomic E-state index is 12.6. The molecule has 0 saturated heterocycles. The average molecular weight is 315 g/mol. The monoisotopic (exact) mass is 314 g/mol. The number of thiocarbonyl (C=S) groups is 1. The molecular weight excluding hydrogens is 296 g/mol. The van der Waals surface area contributed by atoms with Crippen LogP contribution in [0.15, 0.2) is 6.07 Å². The predicted molar refractivity (Wildman–Crippen MR) is 87.1 cm³/mol. The molecule has 104 valence electrons. The van der Waals surface area contributed by atoms with Crippen LogP contribution in [0.2, 0.25) is 0 Å². The fourth-order valence-electron chi connectivity index (χ4n) is 2.05. The van der Waals surface area contributed by atoms with Gasteiger partial charge in [0, 0.05) is 16.7 Å². The Kier molecular flexibility index (Phi) is 4.86. The number of thioether (sulfide) groups is 1. The van der Waals surface area contributed by atoms with E-state index in [1.165, 1.54) is 10.4 Å². The minimum Gasteiger partial charge on any atom is -0.392 e. The molecule has 0 atom stereocenters. The number of hydrogen-bond donors (Lipinski definition) is 1. The van der Waals surface area contributed by atoms with E-state index in [4.69, 9.17) is 18.0 Å². The second-order valence-electron chi connectivity index (χ2n) is 4.85. The van der Waals surface area contributed by atoms with Crippen LogP contribution in [0, 0.1) is 0 Å². The van der Waals surface area contributed by atoms with Gasteiger partial charge in [0.2, 0.25) is 0 Å². The summed E-state index contributed by atoms with van der Waals surface area (Å²) in [6.45, 7) is 4.32. The minimum atomic E-state index is 0.0483. The number of nitrogens with two attached hydrogens (primary N) is 1. The van der Waals surface area contributed by atoms with Crippen LogP contribution >= 0.6 is 35.3 Å². The van der Waals surface area contributed by atoms with Crippen LogP contribution in [0.3, 0.4) is 0 Å². The molecule has 6 heteroatoms. The van der Waals surface area contributed by atoms with Crippen molar-refractivity contribution in [1.29, 1.82) is 0 Å². The Balaban J connectivity index is 2.21. The molecule has 2 rings (SSSR count). The third-order valence-corrected chi connectivity index (χ3v) is 5.41. The number of carbonyl (C=O) groups excluding carboxylic acids is 1. The van der Waals surface area contributed by atoms with Crippen molar-refractivity contribution in [3.05, 3.63) is 21.4 Å². The summed E-state index contributed by atoms with van der Waals surface area (Å²) in [5.41, 5.74) is 6.90. The highest BCUT2D eigenvalue weighted by molar-refractivity contribution is 7.98. The largest absolute Gasteiger partial charge is 0.392 e. The fourth-order valence-corrected chi connectivity index (χ4v) is 4.52. The molecule has 1 aromatic rings. The highest BCUT2D eigenvalue weighted by Gasteiger charge is 2.23. The van der Waals surface area contributed by atoms with Gasteiger partial charge in [-0.05, 0) is 37.7 Å². The molecule has 0 spiro atoms. The van der Waals surface area contributed by atoms with Gasteiger partial charge in [-0.2, -0.15) is 11.8 Å². The number of amides is 1. The van der Waals surface area contributed by atoms with Crippen molar-refractivity contribution in [3.8, 4) is 0 Å². The van der Waals surface area contributed by atoms with Crippen LogP contribution in [0.25, 0.3) is 0 Å². The Labute approximate surface area is 127 Å². The second-order valence-corrected chi connectivity index (χ2v) is 7.62. The van der Waals surface area contributed by atoms with Crippen molar-refractivity contribution in [2.75, 3.05) is 12.3 Å². The summed E-state index contributed by atoms with van der Waals surface area (Å²) in [7, 11) is 0. The van der Waals surface area contributed by atoms with E-state index in [-0.39, 0.29) is 11.9 Å². The molecule has 0 aliphatic carbocycles. The van der Waals surface area contributed by atoms with Gasteiger partial charge in [-0.15, -0.1) is 11.3 Å². The zero-order chi connectivity index (χ0) is 14.0. The summed E-state index contributed by atoms with van der Waals surface area (Å²) in [4.78, 5) is 16.8. The van der Waals surface area contributed by atoms with Gasteiger partial charge in [0.05, 0.1) is 16.4 Å². The molecule has 0 saturated carbocycles. The Bertz CT molecular complexity index is 473. The summed E-state index contributed by atoms with van der Waals surface area (Å²) in [6, 6.07) is 2.14. The van der Waals surface area contributed by atoms with Crippen LogP contribution in [0.5, 0.6) is 0 Å². The van der Waals surface area contributed by atoms with Crippen LogP contribution < -0.4 is 5.73 Å². The normalized spacial score (nSPS) is 14.3. The number of thiophene rings is 1. The first-order valence-electron chi connectivity index (χ1n) is 6.27. The summed E-state index contributed by atoms with van der Waals surface area (Å²) >= 11 is 8.49. The molecule has 0 aromatic carbocycles. The third kappa shape index (κ3) is 3.49. The Morgan fingerprint density at radius 3 is 2.89 bits per heavy atom. The number of carbonyl (C=O) groups is 1. The predicted octanol–water partition coefficient (Wildman–Crippen LogP) is 2.67. The van der Waals surface area contributed by atoms with Gasteiger partial charge in [-0.3, -0.25) is 4.79 Å². The number of aryl methyl sites for hydroxylation is 1. The third-order valence-electron chi connectivity index (χ3n) is 3.05. The van der Waals surface area contributed by atoms with Crippen LogP contribution in [-0.4, -0.2) is 34.1 Å². The maximum Gasteiger partial charge on any atom is 0.264 e. The highest BCUT2D eigenvalue weighted by Crippen LogP contribution is 2.32. The molecule has 1 aromatic heterocycles. The Morgan fingerprint density at radius 2 is 2.32 bits per heavy atom. The van der Waals surface area contributed by atoms with Gasteiger partial charge >= 0.3 is 0 Å². The summed E-state index contributed by atoms with van der Waals surface area (Å²) < 4.78 is 0. The van der Waals surface area contributed by atoms with Crippen molar-refractivity contribution in [3.63, 3.8) is 0 Å². The number of hydrogen-bond acceptors (Lipinski definition) is 4. The quantitative estimate of drug-likeness (QED) is 0.868. The van der Waals surface area contributed by atoms with E-state index in [9.17, 15) is 4.79 Å². The van der Waals surface area contributed by atoms with Gasteiger partial charge in [0.1, 0.15) is 0 Å². The van der Waals surface area contributed by atoms with Gasteiger partial charge in [-0.25, -0.2) is 0 Å². The molecule has 19 heavy (non-hydrogen) atoms. The van der Waals surface area contributed by atoms with Crippen LogP contribution in [0.4, 0.5) is 0 Å². The summed E-state index contributed by atoms with van der Waals surface area (Å²) in [5, 5.41) is 0. The molecule has 1 aliphatic heterocycles. The van der Waals surface area contributed by atoms with E-state index in [1.54, 1.807) is 16.2 Å². The SMILES string of the molecule is CC(C)N(CC(N)=S)C(=O)c1cc2c(s1)CCSC2. The lowest BCUT2D eigenvalue weighted by Crippen LogP contribution is -2.41. The lowest BCUT2D eigenvalue weighted by Gasteiger charge is -2.25. The van der Waals surface area contributed by atoms with Gasteiger partial charge in [0.15, 0.2) is 0 Å². The summed E-state index contributed by atoms with van der Waals surface area (Å²) in [5.74, 6) is 2.23. The molecule has 1 amide bonds. The zero-order valence-corrected chi connectivity index (χ0v) is 13.6. The first-order chi connectivity index (χ1) is 8.99. The maximum atomic E-state index is 12.6. The van der Waals surface area contributed by atoms with Crippen molar-refractivity contribution in [2.45, 2.75) is 32.1 Å². The number of nitrogens with zero attached hydrogens (tertiary/aromatic N) is 1. The van der Waals surface area contributed by atoms with Gasteiger partial charge in [-0.1, -0.05) is 12.2 Å². The molecule has 2 heterocycles. The molecule has 2 N–H and O–H groups in total. The fraction of sp³-hybridized carbons (Fsp3) is 0.538. The smallest absolute Gasteiger partial charge is 0.264 e. The van der Waals surface area contributed by atoms with E-state index >= 15 is 0 Å². The Morgan fingerprint density at radius 1 is 1.58 bits per heavy atom. The molecular formula is C13H18N2OS3. The first kappa shape index (κ1) is 14.8.